The van der Waals surface area contributed by atoms with Crippen LogP contribution in [0.5, 0.6) is 0 Å². The summed E-state index contributed by atoms with van der Waals surface area (Å²) in [5.74, 6) is 0.482. The zero-order valence-electron chi connectivity index (χ0n) is 8.76. The number of aliphatic hydroxyl groups is 1. The van der Waals surface area contributed by atoms with Crippen LogP contribution in [-0.4, -0.2) is 29.5 Å². The van der Waals surface area contributed by atoms with Crippen LogP contribution in [0.4, 0.5) is 0 Å². The number of unbranched alkanes of at least 4 members (excludes halogenated alkanes) is 1. The van der Waals surface area contributed by atoms with E-state index in [1.807, 2.05) is 6.92 Å². The molecule has 0 radical (unpaired) electrons. The molecule has 3 nitrogen and oxygen atoms in total. The number of nitrogens with one attached hydrogen (secondary N) is 1. The topological polar surface area (TPSA) is 49.3 Å². The van der Waals surface area contributed by atoms with Gasteiger partial charge in [-0.2, -0.15) is 0 Å². The van der Waals surface area contributed by atoms with Crippen molar-refractivity contribution in [2.75, 3.05) is 18.5 Å². The Morgan fingerprint density at radius 3 is 2.79 bits per heavy atom. The van der Waals surface area contributed by atoms with E-state index < -0.39 is 0 Å². The molecule has 0 saturated carbocycles. The molecule has 0 aromatic carbocycles. The molecule has 0 aliphatic rings. The highest BCUT2D eigenvalue weighted by Gasteiger charge is 2.04. The van der Waals surface area contributed by atoms with Crippen LogP contribution in [-0.2, 0) is 4.79 Å². The summed E-state index contributed by atoms with van der Waals surface area (Å²) in [6.45, 7) is 2.89. The van der Waals surface area contributed by atoms with Crippen molar-refractivity contribution in [3.8, 4) is 0 Å². The number of rotatable bonds is 8. The van der Waals surface area contributed by atoms with E-state index >= 15 is 0 Å². The molecular weight excluding hydrogens is 246 g/mol. The van der Waals surface area contributed by atoms with Crippen LogP contribution in [0.2, 0.25) is 0 Å². The van der Waals surface area contributed by atoms with Gasteiger partial charge in [0.2, 0.25) is 5.91 Å². The summed E-state index contributed by atoms with van der Waals surface area (Å²) < 4.78 is 0. The Bertz CT molecular complexity index is 153. The summed E-state index contributed by atoms with van der Waals surface area (Å²) >= 11 is 3.32. The van der Waals surface area contributed by atoms with Crippen LogP contribution >= 0.6 is 15.9 Å². The minimum absolute atomic E-state index is 0.121. The third-order valence-electron chi connectivity index (χ3n) is 2.06. The first kappa shape index (κ1) is 13.9. The van der Waals surface area contributed by atoms with Crippen molar-refractivity contribution in [1.29, 1.82) is 0 Å². The van der Waals surface area contributed by atoms with Gasteiger partial charge in [-0.3, -0.25) is 4.79 Å². The van der Waals surface area contributed by atoms with Crippen molar-refractivity contribution in [2.24, 2.45) is 5.92 Å². The lowest BCUT2D eigenvalue weighted by Crippen LogP contribution is -2.28. The number of aliphatic hydroxyl groups excluding tert-OH is 1. The fraction of sp³-hybridized carbons (Fsp3) is 0.900. The number of hydrogen-bond acceptors (Lipinski definition) is 2. The second-order valence-electron chi connectivity index (χ2n) is 3.57. The average molecular weight is 266 g/mol. The quantitative estimate of drug-likeness (QED) is 0.519. The van der Waals surface area contributed by atoms with Gasteiger partial charge in [-0.25, -0.2) is 0 Å². The van der Waals surface area contributed by atoms with E-state index in [1.54, 1.807) is 0 Å². The van der Waals surface area contributed by atoms with Crippen LogP contribution in [0.3, 0.4) is 0 Å². The van der Waals surface area contributed by atoms with E-state index in [4.69, 9.17) is 5.11 Å². The molecule has 4 heteroatoms. The van der Waals surface area contributed by atoms with Gasteiger partial charge < -0.3 is 10.4 Å². The molecule has 0 saturated heterocycles. The monoisotopic (exact) mass is 265 g/mol. The Hall–Kier alpha value is -0.0900. The zero-order valence-corrected chi connectivity index (χ0v) is 10.3. The minimum atomic E-state index is 0.121. The van der Waals surface area contributed by atoms with E-state index in [9.17, 15) is 4.79 Å². The van der Waals surface area contributed by atoms with E-state index in [1.165, 1.54) is 0 Å². The van der Waals surface area contributed by atoms with Gasteiger partial charge in [0.15, 0.2) is 0 Å². The molecule has 0 aromatic heterocycles. The summed E-state index contributed by atoms with van der Waals surface area (Å²) in [5.41, 5.74) is 0. The van der Waals surface area contributed by atoms with Gasteiger partial charge in [0.1, 0.15) is 0 Å². The molecule has 0 aromatic rings. The first-order chi connectivity index (χ1) is 6.70. The summed E-state index contributed by atoms with van der Waals surface area (Å²) in [4.78, 5) is 11.2. The molecular formula is C10H20BrNO2. The zero-order chi connectivity index (χ0) is 10.8. The van der Waals surface area contributed by atoms with Crippen molar-refractivity contribution in [2.45, 2.75) is 32.6 Å². The van der Waals surface area contributed by atoms with Crippen LogP contribution in [0.1, 0.15) is 32.6 Å². The number of halogens is 1. The van der Waals surface area contributed by atoms with Gasteiger partial charge in [0.25, 0.3) is 0 Å². The molecule has 1 unspecified atom stereocenters. The number of amides is 1. The van der Waals surface area contributed by atoms with Crippen LogP contribution in [0.25, 0.3) is 0 Å². The average Bonchev–Trinajstić information content (AvgIpc) is 2.16. The van der Waals surface area contributed by atoms with Gasteiger partial charge in [-0.15, -0.1) is 0 Å². The van der Waals surface area contributed by atoms with Crippen molar-refractivity contribution in [3.05, 3.63) is 0 Å². The largest absolute Gasteiger partial charge is 0.396 e. The van der Waals surface area contributed by atoms with Crippen molar-refractivity contribution < 1.29 is 9.90 Å². The highest BCUT2D eigenvalue weighted by molar-refractivity contribution is 9.09. The number of alkyl halides is 1. The Morgan fingerprint density at radius 1 is 1.50 bits per heavy atom. The molecule has 14 heavy (non-hydrogen) atoms. The van der Waals surface area contributed by atoms with E-state index in [2.05, 4.69) is 21.2 Å². The number of carbonyl (C=O) groups is 1. The lowest BCUT2D eigenvalue weighted by atomic mass is 10.1. The van der Waals surface area contributed by atoms with Gasteiger partial charge in [0.05, 0.1) is 0 Å². The molecule has 0 spiro atoms. The number of hydrogen-bond donors (Lipinski definition) is 2. The van der Waals surface area contributed by atoms with Gasteiger partial charge in [0, 0.05) is 24.9 Å². The second-order valence-corrected chi connectivity index (χ2v) is 4.36. The summed E-state index contributed by atoms with van der Waals surface area (Å²) in [5, 5.41) is 12.5. The third kappa shape index (κ3) is 8.51. The van der Waals surface area contributed by atoms with Gasteiger partial charge in [-0.1, -0.05) is 22.9 Å². The summed E-state index contributed by atoms with van der Waals surface area (Å²) in [7, 11) is 0. The lowest BCUT2D eigenvalue weighted by Gasteiger charge is -2.10. The Labute approximate surface area is 94.4 Å². The smallest absolute Gasteiger partial charge is 0.220 e. The molecule has 2 N–H and O–H groups in total. The van der Waals surface area contributed by atoms with Crippen LogP contribution in [0.15, 0.2) is 0 Å². The van der Waals surface area contributed by atoms with Gasteiger partial charge >= 0.3 is 0 Å². The maximum Gasteiger partial charge on any atom is 0.220 e. The highest BCUT2D eigenvalue weighted by atomic mass is 79.9. The number of carbonyl (C=O) groups excluding carboxylic acids is 1. The van der Waals surface area contributed by atoms with E-state index in [0.29, 0.717) is 18.9 Å². The predicted octanol–water partition coefficient (Wildman–Crippen LogP) is 1.69. The van der Waals surface area contributed by atoms with Crippen LogP contribution < -0.4 is 5.32 Å². The van der Waals surface area contributed by atoms with Gasteiger partial charge in [-0.05, 0) is 25.2 Å². The fourth-order valence-electron chi connectivity index (χ4n) is 1.08. The lowest BCUT2D eigenvalue weighted by molar-refractivity contribution is -0.121. The highest BCUT2D eigenvalue weighted by Crippen LogP contribution is 2.00. The fourth-order valence-corrected chi connectivity index (χ4v) is 1.48. The molecule has 0 rings (SSSR count). The maximum absolute atomic E-state index is 11.2. The second kappa shape index (κ2) is 9.46. The molecule has 0 fully saturated rings. The first-order valence-electron chi connectivity index (χ1n) is 5.14. The molecule has 0 bridgehead atoms. The molecule has 0 heterocycles. The molecule has 84 valence electrons. The molecule has 0 aliphatic heterocycles. The maximum atomic E-state index is 11.2. The summed E-state index contributed by atoms with van der Waals surface area (Å²) in [6, 6.07) is 0. The standard InChI is InChI=1S/C10H20BrNO2/c1-9(5-7-13)8-12-10(14)4-2-3-6-11/h9,13H,2-8H2,1H3,(H,12,14). The van der Waals surface area contributed by atoms with E-state index in [-0.39, 0.29) is 12.5 Å². The van der Waals surface area contributed by atoms with Crippen molar-refractivity contribution in [3.63, 3.8) is 0 Å². The normalized spacial score (nSPS) is 12.5. The molecule has 1 atom stereocenters. The minimum Gasteiger partial charge on any atom is -0.396 e. The van der Waals surface area contributed by atoms with Crippen LogP contribution in [0, 0.1) is 5.92 Å². The van der Waals surface area contributed by atoms with Crippen molar-refractivity contribution >= 4 is 21.8 Å². The Morgan fingerprint density at radius 2 is 2.21 bits per heavy atom. The van der Waals surface area contributed by atoms with E-state index in [0.717, 1.165) is 24.6 Å². The molecule has 0 aliphatic carbocycles. The Kier molecular flexibility index (Phi) is 9.40. The summed E-state index contributed by atoms with van der Waals surface area (Å²) in [6.07, 6.45) is 3.34. The predicted molar refractivity (Wildman–Crippen MR) is 61.5 cm³/mol. The molecule has 1 amide bonds. The van der Waals surface area contributed by atoms with Crippen molar-refractivity contribution in [1.82, 2.24) is 5.32 Å². The SMILES string of the molecule is CC(CCO)CNC(=O)CCCCBr. The Balaban J connectivity index is 3.34. The first-order valence-corrected chi connectivity index (χ1v) is 6.26. The third-order valence-corrected chi connectivity index (χ3v) is 2.62.